The van der Waals surface area contributed by atoms with Crippen molar-refractivity contribution in [3.05, 3.63) is 24.3 Å². The van der Waals surface area contributed by atoms with E-state index in [4.69, 9.17) is 0 Å². The van der Waals surface area contributed by atoms with E-state index in [1.165, 1.54) is 0 Å². The first kappa shape index (κ1) is 12.5. The standard InChI is InChI=1S/C13H19N5/c1-5-14-12-10(9(2)3)11(16-8-17-12)13-15-6-7-18(13)4/h6-9H,5H2,1-4H3,(H,14,16,17). The monoisotopic (exact) mass is 245 g/mol. The fourth-order valence-electron chi connectivity index (χ4n) is 2.02. The molecule has 0 radical (unpaired) electrons. The first-order valence-electron chi connectivity index (χ1n) is 6.21. The molecular weight excluding hydrogens is 226 g/mol. The molecule has 0 aromatic carbocycles. The zero-order valence-corrected chi connectivity index (χ0v) is 11.3. The number of anilines is 1. The van der Waals surface area contributed by atoms with Gasteiger partial charge in [-0.05, 0) is 12.8 Å². The van der Waals surface area contributed by atoms with E-state index in [1.54, 1.807) is 12.5 Å². The summed E-state index contributed by atoms with van der Waals surface area (Å²) in [5.74, 6) is 2.12. The number of hydrogen-bond donors (Lipinski definition) is 1. The average Bonchev–Trinajstić information content (AvgIpc) is 2.75. The molecule has 0 unspecified atom stereocenters. The summed E-state index contributed by atoms with van der Waals surface area (Å²) in [5.41, 5.74) is 2.03. The molecule has 2 heterocycles. The highest BCUT2D eigenvalue weighted by Gasteiger charge is 2.18. The molecule has 0 aliphatic rings. The number of hydrogen-bond acceptors (Lipinski definition) is 4. The van der Waals surface area contributed by atoms with Crippen molar-refractivity contribution in [2.45, 2.75) is 26.7 Å². The van der Waals surface area contributed by atoms with E-state index in [9.17, 15) is 0 Å². The molecule has 2 aromatic heterocycles. The number of rotatable bonds is 4. The molecule has 2 aromatic rings. The van der Waals surface area contributed by atoms with Crippen LogP contribution in [0, 0.1) is 0 Å². The van der Waals surface area contributed by atoms with Crippen LogP contribution in [0.4, 0.5) is 5.82 Å². The van der Waals surface area contributed by atoms with Crippen LogP contribution in [-0.2, 0) is 7.05 Å². The molecule has 18 heavy (non-hydrogen) atoms. The summed E-state index contributed by atoms with van der Waals surface area (Å²) >= 11 is 0. The normalized spacial score (nSPS) is 10.9. The molecule has 0 bridgehead atoms. The highest BCUT2D eigenvalue weighted by Crippen LogP contribution is 2.30. The van der Waals surface area contributed by atoms with Crippen molar-refractivity contribution in [2.24, 2.45) is 7.05 Å². The number of nitrogens with zero attached hydrogens (tertiary/aromatic N) is 4. The Morgan fingerprint density at radius 2 is 2.06 bits per heavy atom. The van der Waals surface area contributed by atoms with Gasteiger partial charge in [0, 0.05) is 31.5 Å². The van der Waals surface area contributed by atoms with Gasteiger partial charge in [0.05, 0.1) is 0 Å². The van der Waals surface area contributed by atoms with Gasteiger partial charge in [0.1, 0.15) is 17.8 Å². The van der Waals surface area contributed by atoms with Gasteiger partial charge in [-0.15, -0.1) is 0 Å². The van der Waals surface area contributed by atoms with Crippen LogP contribution in [0.2, 0.25) is 0 Å². The fourth-order valence-corrected chi connectivity index (χ4v) is 2.02. The third-order valence-corrected chi connectivity index (χ3v) is 2.84. The zero-order chi connectivity index (χ0) is 13.1. The van der Waals surface area contributed by atoms with Crippen molar-refractivity contribution in [1.29, 1.82) is 0 Å². The zero-order valence-electron chi connectivity index (χ0n) is 11.3. The first-order valence-corrected chi connectivity index (χ1v) is 6.21. The minimum Gasteiger partial charge on any atom is -0.370 e. The van der Waals surface area contributed by atoms with E-state index >= 15 is 0 Å². The van der Waals surface area contributed by atoms with Gasteiger partial charge in [0.25, 0.3) is 0 Å². The lowest BCUT2D eigenvalue weighted by atomic mass is 10.0. The van der Waals surface area contributed by atoms with Gasteiger partial charge in [0.15, 0.2) is 5.82 Å². The van der Waals surface area contributed by atoms with Gasteiger partial charge < -0.3 is 9.88 Å². The summed E-state index contributed by atoms with van der Waals surface area (Å²) in [6.45, 7) is 7.20. The van der Waals surface area contributed by atoms with Gasteiger partial charge in [0.2, 0.25) is 0 Å². The SMILES string of the molecule is CCNc1ncnc(-c2nccn2C)c1C(C)C. The smallest absolute Gasteiger partial charge is 0.158 e. The maximum absolute atomic E-state index is 4.41. The van der Waals surface area contributed by atoms with E-state index in [-0.39, 0.29) is 0 Å². The van der Waals surface area contributed by atoms with Crippen molar-refractivity contribution < 1.29 is 0 Å². The highest BCUT2D eigenvalue weighted by molar-refractivity contribution is 5.64. The second-order valence-corrected chi connectivity index (χ2v) is 4.53. The first-order chi connectivity index (χ1) is 8.65. The predicted octanol–water partition coefficient (Wildman–Crippen LogP) is 2.43. The number of imidazole rings is 1. The third-order valence-electron chi connectivity index (χ3n) is 2.84. The number of aromatic nitrogens is 4. The molecule has 0 aliphatic heterocycles. The molecule has 96 valence electrons. The van der Waals surface area contributed by atoms with Crippen LogP contribution in [-0.4, -0.2) is 26.1 Å². The summed E-state index contributed by atoms with van der Waals surface area (Å²) in [4.78, 5) is 13.1. The molecule has 0 fully saturated rings. The van der Waals surface area contributed by atoms with E-state index in [2.05, 4.69) is 41.0 Å². The summed E-state index contributed by atoms with van der Waals surface area (Å²) in [5, 5.41) is 3.29. The Bertz CT molecular complexity index is 530. The van der Waals surface area contributed by atoms with E-state index in [0.717, 1.165) is 29.4 Å². The van der Waals surface area contributed by atoms with Crippen molar-refractivity contribution in [3.63, 3.8) is 0 Å². The molecule has 2 rings (SSSR count). The Morgan fingerprint density at radius 3 is 2.61 bits per heavy atom. The van der Waals surface area contributed by atoms with Crippen LogP contribution < -0.4 is 5.32 Å². The Hall–Kier alpha value is -1.91. The molecule has 0 saturated heterocycles. The van der Waals surface area contributed by atoms with Gasteiger partial charge >= 0.3 is 0 Å². The quantitative estimate of drug-likeness (QED) is 0.898. The van der Waals surface area contributed by atoms with Crippen molar-refractivity contribution in [2.75, 3.05) is 11.9 Å². The Morgan fingerprint density at radius 1 is 1.28 bits per heavy atom. The average molecular weight is 245 g/mol. The van der Waals surface area contributed by atoms with Gasteiger partial charge in [-0.2, -0.15) is 0 Å². The lowest BCUT2D eigenvalue weighted by molar-refractivity contribution is 0.835. The highest BCUT2D eigenvalue weighted by atomic mass is 15.1. The fraction of sp³-hybridized carbons (Fsp3) is 0.462. The van der Waals surface area contributed by atoms with Gasteiger partial charge in [-0.3, -0.25) is 0 Å². The van der Waals surface area contributed by atoms with Crippen LogP contribution >= 0.6 is 0 Å². The molecule has 0 spiro atoms. The lowest BCUT2D eigenvalue weighted by Crippen LogP contribution is -2.09. The number of aryl methyl sites for hydroxylation is 1. The summed E-state index contributed by atoms with van der Waals surface area (Å²) in [6.07, 6.45) is 5.30. The molecule has 5 nitrogen and oxygen atoms in total. The molecule has 0 amide bonds. The van der Waals surface area contributed by atoms with Crippen LogP contribution in [0.5, 0.6) is 0 Å². The van der Waals surface area contributed by atoms with Crippen LogP contribution in [0.15, 0.2) is 18.7 Å². The minimum absolute atomic E-state index is 0.340. The number of nitrogens with one attached hydrogen (secondary N) is 1. The van der Waals surface area contributed by atoms with Crippen molar-refractivity contribution >= 4 is 5.82 Å². The second kappa shape index (κ2) is 5.16. The second-order valence-electron chi connectivity index (χ2n) is 4.53. The van der Waals surface area contributed by atoms with Crippen LogP contribution in [0.25, 0.3) is 11.5 Å². The molecule has 0 atom stereocenters. The topological polar surface area (TPSA) is 55.6 Å². The van der Waals surface area contributed by atoms with Crippen LogP contribution in [0.1, 0.15) is 32.3 Å². The summed E-state index contributed by atoms with van der Waals surface area (Å²) in [7, 11) is 1.97. The molecule has 0 saturated carbocycles. The maximum atomic E-state index is 4.41. The third kappa shape index (κ3) is 2.20. The Balaban J connectivity index is 2.60. The van der Waals surface area contributed by atoms with Crippen molar-refractivity contribution in [1.82, 2.24) is 19.5 Å². The van der Waals surface area contributed by atoms with E-state index < -0.39 is 0 Å². The van der Waals surface area contributed by atoms with E-state index in [1.807, 2.05) is 17.8 Å². The summed E-state index contributed by atoms with van der Waals surface area (Å²) in [6, 6.07) is 0. The van der Waals surface area contributed by atoms with E-state index in [0.29, 0.717) is 5.92 Å². The van der Waals surface area contributed by atoms with Gasteiger partial charge in [-0.1, -0.05) is 13.8 Å². The largest absolute Gasteiger partial charge is 0.370 e. The lowest BCUT2D eigenvalue weighted by Gasteiger charge is -2.16. The maximum Gasteiger partial charge on any atom is 0.158 e. The molecule has 0 aliphatic carbocycles. The predicted molar refractivity (Wildman–Crippen MR) is 72.5 cm³/mol. The molecule has 1 N–H and O–H groups in total. The van der Waals surface area contributed by atoms with Gasteiger partial charge in [-0.25, -0.2) is 15.0 Å². The Kier molecular flexibility index (Phi) is 3.60. The molecular formula is C13H19N5. The molecule has 5 heteroatoms. The van der Waals surface area contributed by atoms with Crippen LogP contribution in [0.3, 0.4) is 0 Å². The van der Waals surface area contributed by atoms with Crippen molar-refractivity contribution in [3.8, 4) is 11.5 Å². The summed E-state index contributed by atoms with van der Waals surface area (Å²) < 4.78 is 1.98. The minimum atomic E-state index is 0.340. The Labute approximate surface area is 107 Å².